The number of hydrogen-bond donors (Lipinski definition) is 1. The van der Waals surface area contributed by atoms with Crippen LogP contribution in [0.5, 0.6) is 0 Å². The van der Waals surface area contributed by atoms with Gasteiger partial charge in [-0.15, -0.1) is 0 Å². The number of benzene rings is 1. The van der Waals surface area contributed by atoms with E-state index < -0.39 is 30.3 Å². The lowest BCUT2D eigenvalue weighted by molar-refractivity contribution is -0.119. The smallest absolute Gasteiger partial charge is 0.338 e. The summed E-state index contributed by atoms with van der Waals surface area (Å²) >= 11 is 11.9. The first-order chi connectivity index (χ1) is 13.2. The first-order valence-corrected chi connectivity index (χ1v) is 8.70. The van der Waals surface area contributed by atoms with Crippen molar-refractivity contribution in [1.29, 1.82) is 0 Å². The van der Waals surface area contributed by atoms with Crippen molar-refractivity contribution in [3.05, 3.63) is 56.7 Å². The van der Waals surface area contributed by atoms with Gasteiger partial charge in [0.15, 0.2) is 12.4 Å². The zero-order chi connectivity index (χ0) is 20.6. The summed E-state index contributed by atoms with van der Waals surface area (Å²) in [6.45, 7) is 1.07. The Labute approximate surface area is 169 Å². The fourth-order valence-corrected chi connectivity index (χ4v) is 2.90. The van der Waals surface area contributed by atoms with Gasteiger partial charge in [-0.05, 0) is 30.7 Å². The van der Waals surface area contributed by atoms with Crippen LogP contribution in [0.2, 0.25) is 10.0 Å². The predicted octanol–water partition coefficient (Wildman–Crippen LogP) is 2.72. The quantitative estimate of drug-likeness (QED) is 0.600. The molecule has 1 N–H and O–H groups in total. The maximum absolute atomic E-state index is 12.2. The van der Waals surface area contributed by atoms with Gasteiger partial charge < -0.3 is 10.1 Å². The first-order valence-electron chi connectivity index (χ1n) is 7.94. The summed E-state index contributed by atoms with van der Waals surface area (Å²) in [5, 5.41) is 2.95. The molecule has 1 aliphatic heterocycles. The molecule has 144 valence electrons. The Balaban J connectivity index is 1.65. The van der Waals surface area contributed by atoms with E-state index in [4.69, 9.17) is 27.9 Å². The number of fused-ring (bicyclic) bond motifs is 1. The van der Waals surface area contributed by atoms with Gasteiger partial charge in [0.05, 0.1) is 26.7 Å². The zero-order valence-electron chi connectivity index (χ0n) is 14.7. The molecule has 0 saturated carbocycles. The zero-order valence-corrected chi connectivity index (χ0v) is 16.2. The number of hydrogen-bond acceptors (Lipinski definition) is 6. The minimum absolute atomic E-state index is 0.0431. The molecule has 3 amide bonds. The van der Waals surface area contributed by atoms with E-state index in [1.807, 2.05) is 0 Å². The van der Waals surface area contributed by atoms with E-state index in [1.165, 1.54) is 31.4 Å². The van der Waals surface area contributed by atoms with Gasteiger partial charge in [-0.3, -0.25) is 19.3 Å². The number of anilines is 1. The van der Waals surface area contributed by atoms with Crippen LogP contribution in [0, 0.1) is 6.92 Å². The summed E-state index contributed by atoms with van der Waals surface area (Å²) in [6.07, 6.45) is 1.34. The van der Waals surface area contributed by atoms with Crippen LogP contribution in [-0.4, -0.2) is 47.2 Å². The van der Waals surface area contributed by atoms with Gasteiger partial charge >= 0.3 is 5.97 Å². The number of pyridine rings is 1. The molecule has 0 fully saturated rings. The van der Waals surface area contributed by atoms with E-state index >= 15 is 0 Å². The van der Waals surface area contributed by atoms with Crippen LogP contribution in [0.25, 0.3) is 0 Å². The lowest BCUT2D eigenvalue weighted by atomic mass is 10.1. The van der Waals surface area contributed by atoms with E-state index in [2.05, 4.69) is 10.3 Å². The molecule has 28 heavy (non-hydrogen) atoms. The molecule has 0 aliphatic carbocycles. The number of imide groups is 1. The highest BCUT2D eigenvalue weighted by Crippen LogP contribution is 2.28. The van der Waals surface area contributed by atoms with Gasteiger partial charge in [0, 0.05) is 13.2 Å². The third kappa shape index (κ3) is 3.56. The number of carbonyl (C=O) groups excluding carboxylic acids is 4. The molecule has 1 aliphatic rings. The number of rotatable bonds is 4. The van der Waals surface area contributed by atoms with E-state index in [-0.39, 0.29) is 27.5 Å². The van der Waals surface area contributed by atoms with Crippen LogP contribution < -0.4 is 5.32 Å². The van der Waals surface area contributed by atoms with Crippen LogP contribution in [0.4, 0.5) is 5.82 Å². The van der Waals surface area contributed by atoms with E-state index in [0.717, 1.165) is 4.90 Å². The highest BCUT2D eigenvalue weighted by Gasteiger charge is 2.33. The average Bonchev–Trinajstić information content (AvgIpc) is 2.90. The third-order valence-corrected chi connectivity index (χ3v) is 4.96. The van der Waals surface area contributed by atoms with Crippen molar-refractivity contribution in [1.82, 2.24) is 9.88 Å². The monoisotopic (exact) mass is 421 g/mol. The summed E-state index contributed by atoms with van der Waals surface area (Å²) in [4.78, 5) is 52.9. The predicted molar refractivity (Wildman–Crippen MR) is 101 cm³/mol. The van der Waals surface area contributed by atoms with Crippen molar-refractivity contribution in [2.45, 2.75) is 6.92 Å². The number of nitrogens with zero attached hydrogens (tertiary/aromatic N) is 2. The van der Waals surface area contributed by atoms with Crippen molar-refractivity contribution in [3.8, 4) is 0 Å². The fourth-order valence-electron chi connectivity index (χ4n) is 2.52. The maximum atomic E-state index is 12.2. The number of ether oxygens (including phenoxy) is 1. The summed E-state index contributed by atoms with van der Waals surface area (Å²) in [5.41, 5.74) is 0.911. The molecule has 1 aromatic carbocycles. The minimum atomic E-state index is -0.820. The SMILES string of the molecule is Cc1c(Cl)cnc(NC(=O)COC(=O)c2ccc3c(c2)C(=O)N(C)C3=O)c1Cl. The van der Waals surface area contributed by atoms with E-state index in [1.54, 1.807) is 6.92 Å². The summed E-state index contributed by atoms with van der Waals surface area (Å²) < 4.78 is 4.95. The number of carbonyl (C=O) groups is 4. The fraction of sp³-hybridized carbons (Fsp3) is 0.167. The lowest BCUT2D eigenvalue weighted by Gasteiger charge is -2.09. The van der Waals surface area contributed by atoms with Crippen molar-refractivity contribution in [3.63, 3.8) is 0 Å². The molecule has 0 spiro atoms. The van der Waals surface area contributed by atoms with Crippen LogP contribution in [0.3, 0.4) is 0 Å². The highest BCUT2D eigenvalue weighted by molar-refractivity contribution is 6.37. The van der Waals surface area contributed by atoms with E-state index in [0.29, 0.717) is 10.6 Å². The number of esters is 1. The van der Waals surface area contributed by atoms with Gasteiger partial charge in [0.25, 0.3) is 17.7 Å². The largest absolute Gasteiger partial charge is 0.452 e. The summed E-state index contributed by atoms with van der Waals surface area (Å²) in [5.74, 6) is -2.34. The molecular weight excluding hydrogens is 409 g/mol. The molecule has 3 rings (SSSR count). The van der Waals surface area contributed by atoms with Gasteiger partial charge in [-0.25, -0.2) is 9.78 Å². The van der Waals surface area contributed by atoms with Crippen LogP contribution in [-0.2, 0) is 9.53 Å². The second kappa shape index (κ2) is 7.57. The van der Waals surface area contributed by atoms with Crippen LogP contribution in [0.15, 0.2) is 24.4 Å². The Bertz CT molecular complexity index is 1040. The van der Waals surface area contributed by atoms with Gasteiger partial charge in [-0.1, -0.05) is 23.2 Å². The van der Waals surface area contributed by atoms with Crippen molar-refractivity contribution >= 4 is 52.7 Å². The topological polar surface area (TPSA) is 106 Å². The second-order valence-electron chi connectivity index (χ2n) is 5.95. The maximum Gasteiger partial charge on any atom is 0.338 e. The minimum Gasteiger partial charge on any atom is -0.452 e. The normalized spacial score (nSPS) is 12.8. The van der Waals surface area contributed by atoms with Gasteiger partial charge in [-0.2, -0.15) is 0 Å². The number of aromatic nitrogens is 1. The summed E-state index contributed by atoms with van der Waals surface area (Å²) in [6, 6.07) is 3.99. The molecular formula is C18H13Cl2N3O5. The average molecular weight is 422 g/mol. The van der Waals surface area contributed by atoms with Crippen molar-refractivity contribution < 1.29 is 23.9 Å². The Kier molecular flexibility index (Phi) is 5.35. The molecule has 0 unspecified atom stereocenters. The van der Waals surface area contributed by atoms with Crippen LogP contribution in [0.1, 0.15) is 36.6 Å². The summed E-state index contributed by atoms with van der Waals surface area (Å²) in [7, 11) is 1.35. The third-order valence-electron chi connectivity index (χ3n) is 4.12. The van der Waals surface area contributed by atoms with Crippen molar-refractivity contribution in [2.75, 3.05) is 19.0 Å². The second-order valence-corrected chi connectivity index (χ2v) is 6.73. The van der Waals surface area contributed by atoms with Gasteiger partial charge in [0.1, 0.15) is 0 Å². The molecule has 0 radical (unpaired) electrons. The Morgan fingerprint density at radius 2 is 1.86 bits per heavy atom. The number of amides is 3. The van der Waals surface area contributed by atoms with Crippen LogP contribution >= 0.6 is 23.2 Å². The molecule has 8 nitrogen and oxygen atoms in total. The first kappa shape index (κ1) is 19.8. The van der Waals surface area contributed by atoms with Crippen molar-refractivity contribution in [2.24, 2.45) is 0 Å². The molecule has 2 heterocycles. The Morgan fingerprint density at radius 1 is 1.18 bits per heavy atom. The molecule has 1 aromatic heterocycles. The Morgan fingerprint density at radius 3 is 2.57 bits per heavy atom. The number of nitrogens with one attached hydrogen (secondary N) is 1. The Hall–Kier alpha value is -2.97. The molecule has 0 atom stereocenters. The molecule has 10 heteroatoms. The van der Waals surface area contributed by atoms with Gasteiger partial charge in [0.2, 0.25) is 0 Å². The number of halogens is 2. The molecule has 2 aromatic rings. The highest BCUT2D eigenvalue weighted by atomic mass is 35.5. The van der Waals surface area contributed by atoms with E-state index in [9.17, 15) is 19.2 Å². The molecule has 0 bridgehead atoms. The standard InChI is InChI=1S/C18H13Cl2N3O5/c1-8-12(19)6-21-15(14(8)20)22-13(24)7-28-18(27)9-3-4-10-11(5-9)17(26)23(2)16(10)25/h3-6H,7H2,1-2H3,(H,21,22,24). The lowest BCUT2D eigenvalue weighted by Crippen LogP contribution is -2.24. The molecule has 0 saturated heterocycles.